The smallest absolute Gasteiger partial charge is 0.142 e. The number of halogens is 2. The fourth-order valence-electron chi connectivity index (χ4n) is 2.21. The summed E-state index contributed by atoms with van der Waals surface area (Å²) in [5.41, 5.74) is 3.21. The highest BCUT2D eigenvalue weighted by Gasteiger charge is 2.18. The summed E-state index contributed by atoms with van der Waals surface area (Å²) < 4.78 is 16.7. The lowest BCUT2D eigenvalue weighted by Crippen LogP contribution is -2.31. The second-order valence-corrected chi connectivity index (χ2v) is 5.46. The highest BCUT2D eigenvalue weighted by molar-refractivity contribution is 9.10. The number of imidazole rings is 1. The van der Waals surface area contributed by atoms with Crippen molar-refractivity contribution in [3.63, 3.8) is 0 Å². The average Bonchev–Trinajstić information content (AvgIpc) is 2.87. The highest BCUT2D eigenvalue weighted by atomic mass is 79.9. The molecule has 0 spiro atoms. The van der Waals surface area contributed by atoms with Crippen LogP contribution in [0, 0.1) is 5.82 Å². The molecule has 2 aromatic rings. The van der Waals surface area contributed by atoms with Gasteiger partial charge in [-0.1, -0.05) is 19.1 Å². The molecular weight excluding hydrogens is 323 g/mol. The van der Waals surface area contributed by atoms with Crippen molar-refractivity contribution in [3.05, 3.63) is 52.3 Å². The van der Waals surface area contributed by atoms with Crippen molar-refractivity contribution in [2.24, 2.45) is 5.84 Å². The normalized spacial score (nSPS) is 12.6. The molecule has 0 saturated carbocycles. The van der Waals surface area contributed by atoms with Gasteiger partial charge in [0.15, 0.2) is 0 Å². The molecule has 1 atom stereocenters. The molecule has 0 aliphatic heterocycles. The van der Waals surface area contributed by atoms with Gasteiger partial charge in [-0.2, -0.15) is 0 Å². The maximum absolute atomic E-state index is 14.1. The highest BCUT2D eigenvalue weighted by Crippen LogP contribution is 2.25. The van der Waals surface area contributed by atoms with Crippen molar-refractivity contribution in [3.8, 4) is 0 Å². The van der Waals surface area contributed by atoms with Crippen LogP contribution in [0.2, 0.25) is 0 Å². The first-order valence-electron chi connectivity index (χ1n) is 6.57. The Kier molecular flexibility index (Phi) is 5.28. The topological polar surface area (TPSA) is 55.9 Å². The van der Waals surface area contributed by atoms with Crippen LogP contribution >= 0.6 is 15.9 Å². The zero-order valence-electron chi connectivity index (χ0n) is 11.3. The fraction of sp³-hybridized carbons (Fsp3) is 0.357. The van der Waals surface area contributed by atoms with E-state index in [0.29, 0.717) is 16.5 Å². The molecule has 0 saturated heterocycles. The SMILES string of the molecule is CCCn1ccnc1CC(NN)c1cccc(Br)c1F. The molecule has 6 heteroatoms. The van der Waals surface area contributed by atoms with Gasteiger partial charge in [0.2, 0.25) is 0 Å². The fourth-order valence-corrected chi connectivity index (χ4v) is 2.59. The largest absolute Gasteiger partial charge is 0.335 e. The van der Waals surface area contributed by atoms with Crippen LogP contribution in [0.4, 0.5) is 4.39 Å². The molecule has 1 unspecified atom stereocenters. The third-order valence-corrected chi connectivity index (χ3v) is 3.82. The standard InChI is InChI=1S/C14H18BrFN4/c1-2-7-20-8-6-18-13(20)9-12(19-17)10-4-3-5-11(15)14(10)16/h3-6,8,12,19H,2,7,9,17H2,1H3. The van der Waals surface area contributed by atoms with E-state index in [4.69, 9.17) is 5.84 Å². The number of aromatic nitrogens is 2. The summed E-state index contributed by atoms with van der Waals surface area (Å²) in [6.45, 7) is 3.00. The molecule has 0 aliphatic rings. The summed E-state index contributed by atoms with van der Waals surface area (Å²) in [5, 5.41) is 0. The first-order chi connectivity index (χ1) is 9.67. The number of hydrogen-bond donors (Lipinski definition) is 2. The zero-order valence-corrected chi connectivity index (χ0v) is 12.9. The number of benzene rings is 1. The zero-order chi connectivity index (χ0) is 14.5. The van der Waals surface area contributed by atoms with Gasteiger partial charge in [-0.3, -0.25) is 11.3 Å². The van der Waals surface area contributed by atoms with Crippen LogP contribution in [0.5, 0.6) is 0 Å². The van der Waals surface area contributed by atoms with Gasteiger partial charge in [-0.15, -0.1) is 0 Å². The second-order valence-electron chi connectivity index (χ2n) is 4.60. The summed E-state index contributed by atoms with van der Waals surface area (Å²) in [5.74, 6) is 6.20. The number of aryl methyl sites for hydroxylation is 1. The molecular formula is C14H18BrFN4. The van der Waals surface area contributed by atoms with E-state index in [1.165, 1.54) is 0 Å². The van der Waals surface area contributed by atoms with Gasteiger partial charge >= 0.3 is 0 Å². The Labute approximate surface area is 126 Å². The van der Waals surface area contributed by atoms with Gasteiger partial charge < -0.3 is 4.57 Å². The first kappa shape index (κ1) is 15.2. The van der Waals surface area contributed by atoms with E-state index in [1.54, 1.807) is 24.4 Å². The van der Waals surface area contributed by atoms with E-state index in [-0.39, 0.29) is 11.9 Å². The molecule has 1 heterocycles. The van der Waals surface area contributed by atoms with Crippen molar-refractivity contribution >= 4 is 15.9 Å². The summed E-state index contributed by atoms with van der Waals surface area (Å²) >= 11 is 3.20. The molecule has 0 radical (unpaired) electrons. The third kappa shape index (κ3) is 3.26. The number of hydrogen-bond acceptors (Lipinski definition) is 3. The Morgan fingerprint density at radius 3 is 3.00 bits per heavy atom. The summed E-state index contributed by atoms with van der Waals surface area (Å²) in [7, 11) is 0. The summed E-state index contributed by atoms with van der Waals surface area (Å²) in [4.78, 5) is 4.33. The summed E-state index contributed by atoms with van der Waals surface area (Å²) in [6, 6.07) is 4.89. The lowest BCUT2D eigenvalue weighted by molar-refractivity contribution is 0.487. The molecule has 0 bridgehead atoms. The van der Waals surface area contributed by atoms with E-state index in [2.05, 4.69) is 37.8 Å². The third-order valence-electron chi connectivity index (χ3n) is 3.21. The molecule has 3 N–H and O–H groups in total. The van der Waals surface area contributed by atoms with E-state index in [1.807, 2.05) is 6.20 Å². The maximum Gasteiger partial charge on any atom is 0.142 e. The van der Waals surface area contributed by atoms with Crippen molar-refractivity contribution in [1.29, 1.82) is 0 Å². The minimum absolute atomic E-state index is 0.288. The Balaban J connectivity index is 2.24. The predicted octanol–water partition coefficient (Wildman–Crippen LogP) is 2.94. The molecule has 108 valence electrons. The van der Waals surface area contributed by atoms with Crippen LogP contribution in [0.3, 0.4) is 0 Å². The Hall–Kier alpha value is -1.24. The van der Waals surface area contributed by atoms with Gasteiger partial charge in [0.05, 0.1) is 10.5 Å². The van der Waals surface area contributed by atoms with Crippen LogP contribution in [0.1, 0.15) is 30.8 Å². The van der Waals surface area contributed by atoms with Crippen LogP contribution in [0.15, 0.2) is 35.1 Å². The average molecular weight is 341 g/mol. The minimum atomic E-state index is -0.314. The molecule has 20 heavy (non-hydrogen) atoms. The number of rotatable bonds is 6. The lowest BCUT2D eigenvalue weighted by Gasteiger charge is -2.18. The Morgan fingerprint density at radius 1 is 1.50 bits per heavy atom. The van der Waals surface area contributed by atoms with Gasteiger partial charge in [-0.05, 0) is 28.4 Å². The van der Waals surface area contributed by atoms with Crippen LogP contribution in [0.25, 0.3) is 0 Å². The molecule has 0 aliphatic carbocycles. The first-order valence-corrected chi connectivity index (χ1v) is 7.36. The van der Waals surface area contributed by atoms with Crippen molar-refractivity contribution in [2.45, 2.75) is 32.4 Å². The molecule has 2 rings (SSSR count). The van der Waals surface area contributed by atoms with Crippen molar-refractivity contribution in [1.82, 2.24) is 15.0 Å². The van der Waals surface area contributed by atoms with E-state index in [0.717, 1.165) is 18.8 Å². The van der Waals surface area contributed by atoms with E-state index < -0.39 is 0 Å². The monoisotopic (exact) mass is 340 g/mol. The van der Waals surface area contributed by atoms with Gasteiger partial charge in [0, 0.05) is 30.9 Å². The molecule has 4 nitrogen and oxygen atoms in total. The second kappa shape index (κ2) is 6.97. The number of nitrogens with zero attached hydrogens (tertiary/aromatic N) is 2. The van der Waals surface area contributed by atoms with Crippen molar-refractivity contribution in [2.75, 3.05) is 0 Å². The predicted molar refractivity (Wildman–Crippen MR) is 80.4 cm³/mol. The molecule has 0 fully saturated rings. The number of hydrazine groups is 1. The van der Waals surface area contributed by atoms with Gasteiger partial charge in [0.25, 0.3) is 0 Å². The molecule has 1 aromatic heterocycles. The van der Waals surface area contributed by atoms with Gasteiger partial charge in [-0.25, -0.2) is 9.37 Å². The molecule has 1 aromatic carbocycles. The Morgan fingerprint density at radius 2 is 2.30 bits per heavy atom. The quantitative estimate of drug-likeness (QED) is 0.627. The van der Waals surface area contributed by atoms with Crippen LogP contribution in [-0.2, 0) is 13.0 Å². The molecule has 0 amide bonds. The maximum atomic E-state index is 14.1. The number of nitrogens with one attached hydrogen (secondary N) is 1. The van der Waals surface area contributed by atoms with Crippen LogP contribution < -0.4 is 11.3 Å². The van der Waals surface area contributed by atoms with E-state index in [9.17, 15) is 4.39 Å². The number of nitrogens with two attached hydrogens (primary N) is 1. The summed E-state index contributed by atoms with van der Waals surface area (Å²) in [6.07, 6.45) is 5.26. The minimum Gasteiger partial charge on any atom is -0.335 e. The lowest BCUT2D eigenvalue weighted by atomic mass is 10.0. The Bertz CT molecular complexity index is 570. The van der Waals surface area contributed by atoms with Gasteiger partial charge in [0.1, 0.15) is 11.6 Å². The van der Waals surface area contributed by atoms with Crippen LogP contribution in [-0.4, -0.2) is 9.55 Å². The van der Waals surface area contributed by atoms with Crippen molar-refractivity contribution < 1.29 is 4.39 Å². The van der Waals surface area contributed by atoms with E-state index >= 15 is 0 Å².